The van der Waals surface area contributed by atoms with Crippen LogP contribution in [0.5, 0.6) is 0 Å². The Labute approximate surface area is 150 Å². The Kier molecular flexibility index (Phi) is 5.21. The standard InChI is InChI=1S/C19H27NO4S/c1-25(23,24)17-9-7-15(8-10-17)19(11-3-2-4-12-19)18(22)20-13-5-6-16(21)14-20/h7-10,16,21H,2-6,11-14H2,1H3. The Bertz CT molecular complexity index is 720. The normalized spacial score (nSPS) is 24.1. The summed E-state index contributed by atoms with van der Waals surface area (Å²) in [7, 11) is -3.25. The fraction of sp³-hybridized carbons (Fsp3) is 0.632. The van der Waals surface area contributed by atoms with Crippen LogP contribution >= 0.6 is 0 Å². The second kappa shape index (κ2) is 7.08. The molecule has 1 aromatic carbocycles. The van der Waals surface area contributed by atoms with Gasteiger partial charge in [0, 0.05) is 19.3 Å². The molecule has 1 aromatic rings. The van der Waals surface area contributed by atoms with Crippen molar-refractivity contribution >= 4 is 15.7 Å². The molecule has 2 aliphatic rings. The first-order chi connectivity index (χ1) is 11.8. The van der Waals surface area contributed by atoms with Crippen molar-refractivity contribution in [3.63, 3.8) is 0 Å². The van der Waals surface area contributed by atoms with Gasteiger partial charge in [-0.15, -0.1) is 0 Å². The molecule has 0 bridgehead atoms. The minimum absolute atomic E-state index is 0.0954. The number of aliphatic hydroxyl groups excluding tert-OH is 1. The van der Waals surface area contributed by atoms with Gasteiger partial charge in [0.15, 0.2) is 9.84 Å². The van der Waals surface area contributed by atoms with E-state index >= 15 is 0 Å². The first-order valence-electron chi connectivity index (χ1n) is 9.11. The van der Waals surface area contributed by atoms with E-state index in [0.29, 0.717) is 13.1 Å². The molecule has 1 atom stereocenters. The lowest BCUT2D eigenvalue weighted by atomic mass is 9.68. The fourth-order valence-corrected chi connectivity index (χ4v) is 4.87. The minimum Gasteiger partial charge on any atom is -0.391 e. The maximum atomic E-state index is 13.4. The second-order valence-corrected chi connectivity index (χ2v) is 9.50. The number of hydrogen-bond acceptors (Lipinski definition) is 4. The molecule has 1 saturated carbocycles. The molecule has 3 rings (SSSR count). The van der Waals surface area contributed by atoms with E-state index in [2.05, 4.69) is 0 Å². The number of piperidine rings is 1. The van der Waals surface area contributed by atoms with Crippen molar-refractivity contribution in [3.05, 3.63) is 29.8 Å². The van der Waals surface area contributed by atoms with Gasteiger partial charge in [0.1, 0.15) is 0 Å². The van der Waals surface area contributed by atoms with Gasteiger partial charge < -0.3 is 10.0 Å². The molecular weight excluding hydrogens is 338 g/mol. The van der Waals surface area contributed by atoms with Crippen molar-refractivity contribution in [3.8, 4) is 0 Å². The van der Waals surface area contributed by atoms with E-state index in [4.69, 9.17) is 0 Å². The number of benzene rings is 1. The van der Waals surface area contributed by atoms with Crippen LogP contribution in [-0.4, -0.2) is 49.8 Å². The smallest absolute Gasteiger partial charge is 0.233 e. The van der Waals surface area contributed by atoms with Gasteiger partial charge >= 0.3 is 0 Å². The molecule has 2 fully saturated rings. The van der Waals surface area contributed by atoms with Crippen LogP contribution < -0.4 is 0 Å². The molecule has 1 aliphatic heterocycles. The molecule has 1 N–H and O–H groups in total. The topological polar surface area (TPSA) is 74.7 Å². The van der Waals surface area contributed by atoms with Crippen LogP contribution in [0.3, 0.4) is 0 Å². The molecule has 6 heteroatoms. The number of hydrogen-bond donors (Lipinski definition) is 1. The van der Waals surface area contributed by atoms with E-state index in [-0.39, 0.29) is 10.8 Å². The zero-order valence-corrected chi connectivity index (χ0v) is 15.6. The molecule has 1 unspecified atom stereocenters. The van der Waals surface area contributed by atoms with E-state index in [1.54, 1.807) is 24.3 Å². The van der Waals surface area contributed by atoms with Crippen LogP contribution in [0.4, 0.5) is 0 Å². The highest BCUT2D eigenvalue weighted by Crippen LogP contribution is 2.41. The zero-order valence-electron chi connectivity index (χ0n) is 14.8. The summed E-state index contributed by atoms with van der Waals surface area (Å²) in [5.41, 5.74) is 0.329. The summed E-state index contributed by atoms with van der Waals surface area (Å²) < 4.78 is 23.4. The van der Waals surface area contributed by atoms with Gasteiger partial charge in [-0.25, -0.2) is 8.42 Å². The fourth-order valence-electron chi connectivity index (χ4n) is 4.24. The van der Waals surface area contributed by atoms with E-state index in [1.807, 2.05) is 4.90 Å². The summed E-state index contributed by atoms with van der Waals surface area (Å²) in [6.07, 6.45) is 7.03. The first-order valence-corrected chi connectivity index (χ1v) is 11.0. The molecule has 1 amide bonds. The third-order valence-electron chi connectivity index (χ3n) is 5.64. The lowest BCUT2D eigenvalue weighted by Crippen LogP contribution is -2.52. The van der Waals surface area contributed by atoms with Crippen LogP contribution in [0.1, 0.15) is 50.5 Å². The van der Waals surface area contributed by atoms with Gasteiger partial charge in [0.05, 0.1) is 16.4 Å². The van der Waals surface area contributed by atoms with E-state index < -0.39 is 21.4 Å². The number of rotatable bonds is 3. The number of β-amino-alcohol motifs (C(OH)–C–C–N with tert-alkyl or cyclic N) is 1. The van der Waals surface area contributed by atoms with Crippen molar-refractivity contribution in [1.82, 2.24) is 4.90 Å². The summed E-state index contributed by atoms with van der Waals surface area (Å²) in [5.74, 6) is 0.0954. The predicted octanol–water partition coefficient (Wildman–Crippen LogP) is 2.28. The molecule has 25 heavy (non-hydrogen) atoms. The molecule has 1 aliphatic carbocycles. The summed E-state index contributed by atoms with van der Waals surface area (Å²) >= 11 is 0. The first kappa shape index (κ1) is 18.4. The van der Waals surface area contributed by atoms with Crippen molar-refractivity contribution in [2.24, 2.45) is 0 Å². The number of likely N-dealkylation sites (tertiary alicyclic amines) is 1. The van der Waals surface area contributed by atoms with Gasteiger partial charge in [-0.1, -0.05) is 31.4 Å². The molecule has 0 aromatic heterocycles. The van der Waals surface area contributed by atoms with Crippen LogP contribution in [-0.2, 0) is 20.0 Å². The molecule has 1 heterocycles. The molecule has 1 saturated heterocycles. The van der Waals surface area contributed by atoms with Gasteiger partial charge in [0.2, 0.25) is 5.91 Å². The van der Waals surface area contributed by atoms with E-state index in [0.717, 1.165) is 50.5 Å². The maximum absolute atomic E-state index is 13.4. The maximum Gasteiger partial charge on any atom is 0.233 e. The number of carbonyl (C=O) groups is 1. The summed E-state index contributed by atoms with van der Waals surface area (Å²) in [6, 6.07) is 6.83. The third kappa shape index (κ3) is 3.75. The highest BCUT2D eigenvalue weighted by molar-refractivity contribution is 7.90. The second-order valence-electron chi connectivity index (χ2n) is 7.49. The quantitative estimate of drug-likeness (QED) is 0.892. The zero-order chi connectivity index (χ0) is 18.1. The van der Waals surface area contributed by atoms with E-state index in [9.17, 15) is 18.3 Å². The predicted molar refractivity (Wildman–Crippen MR) is 96.1 cm³/mol. The average Bonchev–Trinajstić information content (AvgIpc) is 2.61. The van der Waals surface area contributed by atoms with Gasteiger partial charge in [0.25, 0.3) is 0 Å². The molecule has 0 radical (unpaired) electrons. The van der Waals surface area contributed by atoms with Gasteiger partial charge in [-0.05, 0) is 43.4 Å². The van der Waals surface area contributed by atoms with Crippen LogP contribution in [0.25, 0.3) is 0 Å². The summed E-state index contributed by atoms with van der Waals surface area (Å²) in [5, 5.41) is 9.95. The number of aliphatic hydroxyl groups is 1. The Morgan fingerprint density at radius 2 is 1.76 bits per heavy atom. The van der Waals surface area contributed by atoms with Crippen molar-refractivity contribution in [2.75, 3.05) is 19.3 Å². The third-order valence-corrected chi connectivity index (χ3v) is 6.76. The highest BCUT2D eigenvalue weighted by atomic mass is 32.2. The van der Waals surface area contributed by atoms with Crippen LogP contribution in [0.15, 0.2) is 29.2 Å². The number of amides is 1. The molecule has 5 nitrogen and oxygen atoms in total. The average molecular weight is 365 g/mol. The Hall–Kier alpha value is -1.40. The number of carbonyl (C=O) groups excluding carboxylic acids is 1. The number of nitrogens with zero attached hydrogens (tertiary/aromatic N) is 1. The Morgan fingerprint density at radius 1 is 1.12 bits per heavy atom. The number of sulfone groups is 1. The van der Waals surface area contributed by atoms with E-state index in [1.165, 1.54) is 6.26 Å². The molecule has 138 valence electrons. The van der Waals surface area contributed by atoms with Crippen molar-refractivity contribution < 1.29 is 18.3 Å². The Balaban J connectivity index is 1.94. The lowest BCUT2D eigenvalue weighted by Gasteiger charge is -2.42. The van der Waals surface area contributed by atoms with Gasteiger partial charge in [-0.3, -0.25) is 4.79 Å². The lowest BCUT2D eigenvalue weighted by molar-refractivity contribution is -0.142. The summed E-state index contributed by atoms with van der Waals surface area (Å²) in [4.78, 5) is 15.5. The van der Waals surface area contributed by atoms with Crippen LogP contribution in [0, 0.1) is 0 Å². The minimum atomic E-state index is -3.25. The molecule has 0 spiro atoms. The van der Waals surface area contributed by atoms with Crippen molar-refractivity contribution in [2.45, 2.75) is 61.4 Å². The SMILES string of the molecule is CS(=O)(=O)c1ccc(C2(C(=O)N3CCCC(O)C3)CCCCC2)cc1. The highest BCUT2D eigenvalue weighted by Gasteiger charge is 2.44. The largest absolute Gasteiger partial charge is 0.391 e. The van der Waals surface area contributed by atoms with Crippen LogP contribution in [0.2, 0.25) is 0 Å². The van der Waals surface area contributed by atoms with Gasteiger partial charge in [-0.2, -0.15) is 0 Å². The monoisotopic (exact) mass is 365 g/mol. The molecular formula is C19H27NO4S. The summed E-state index contributed by atoms with van der Waals surface area (Å²) in [6.45, 7) is 1.10. The Morgan fingerprint density at radius 3 is 2.32 bits per heavy atom. The van der Waals surface area contributed by atoms with Crippen molar-refractivity contribution in [1.29, 1.82) is 0 Å².